The topological polar surface area (TPSA) is 197 Å². The SMILES string of the molecule is COc1ccc(C=CC(=O)O[C@H]2[C@@H]3C=CO[C@@H](O[C@@H]4O[C@H](CO)[C@@H](O)[C@H](O)[C@H]4O)[C@@H]3[C@@]3(CO)O[C@@H]23)cc1O. The second kappa shape index (κ2) is 10.4. The number of carbonyl (C=O) groups excluding carboxylic acids is 1. The maximum Gasteiger partial charge on any atom is 0.331 e. The lowest BCUT2D eigenvalue weighted by Gasteiger charge is -2.43. The molecular formula is C25H30O13. The van der Waals surface area contributed by atoms with Crippen LogP contribution >= 0.6 is 0 Å². The van der Waals surface area contributed by atoms with E-state index >= 15 is 0 Å². The summed E-state index contributed by atoms with van der Waals surface area (Å²) in [6.07, 6.45) is -4.45. The summed E-state index contributed by atoms with van der Waals surface area (Å²) in [4.78, 5) is 12.7. The average molecular weight is 539 g/mol. The molecule has 13 heteroatoms. The summed E-state index contributed by atoms with van der Waals surface area (Å²) in [5, 5.41) is 60.0. The monoisotopic (exact) mass is 538 g/mol. The fourth-order valence-electron chi connectivity index (χ4n) is 5.44. The van der Waals surface area contributed by atoms with Gasteiger partial charge in [-0.1, -0.05) is 6.07 Å². The van der Waals surface area contributed by atoms with E-state index in [0.717, 1.165) is 0 Å². The highest BCUT2D eigenvalue weighted by molar-refractivity contribution is 5.87. The van der Waals surface area contributed by atoms with Crippen molar-refractivity contribution in [1.82, 2.24) is 0 Å². The van der Waals surface area contributed by atoms with Crippen LogP contribution in [0.5, 0.6) is 11.5 Å². The standard InChI is InChI=1S/C25H30O13/c1-33-14-4-2-11(8-13(14)28)3-5-16(29)36-21-12-6-7-34-23(17(12)25(10-27)22(21)38-25)37-24-20(32)19(31)18(30)15(9-26)35-24/h2-8,12,15,17-24,26-28,30-32H,9-10H2,1H3/t12-,15-,17-,18-,19+,20-,21+,22+,23+,24+,25-/m1/s1. The van der Waals surface area contributed by atoms with E-state index in [-0.39, 0.29) is 5.75 Å². The Hall–Kier alpha value is -2.75. The molecule has 38 heavy (non-hydrogen) atoms. The minimum atomic E-state index is -1.65. The van der Waals surface area contributed by atoms with E-state index < -0.39 is 85.8 Å². The molecule has 0 radical (unpaired) electrons. The highest BCUT2D eigenvalue weighted by atomic mass is 16.8. The zero-order valence-electron chi connectivity index (χ0n) is 20.3. The van der Waals surface area contributed by atoms with Crippen LogP contribution in [0.4, 0.5) is 0 Å². The van der Waals surface area contributed by atoms with Gasteiger partial charge in [0.1, 0.15) is 42.2 Å². The van der Waals surface area contributed by atoms with Gasteiger partial charge in [0.15, 0.2) is 17.8 Å². The Morgan fingerprint density at radius 3 is 2.61 bits per heavy atom. The molecule has 0 bridgehead atoms. The molecule has 2 saturated heterocycles. The molecule has 13 nitrogen and oxygen atoms in total. The number of phenolic OH excluding ortho intramolecular Hbond substituents is 1. The van der Waals surface area contributed by atoms with Crippen molar-refractivity contribution in [2.75, 3.05) is 20.3 Å². The van der Waals surface area contributed by atoms with Crippen LogP contribution in [0.25, 0.3) is 6.08 Å². The lowest BCUT2D eigenvalue weighted by molar-refractivity contribution is -0.344. The van der Waals surface area contributed by atoms with Crippen LogP contribution in [0, 0.1) is 11.8 Å². The zero-order chi connectivity index (χ0) is 27.2. The summed E-state index contributed by atoms with van der Waals surface area (Å²) in [5.74, 6) is -1.65. The number of aromatic hydroxyl groups is 1. The number of carbonyl (C=O) groups is 1. The first-order chi connectivity index (χ1) is 18.2. The number of aliphatic hydroxyl groups is 5. The van der Waals surface area contributed by atoms with Gasteiger partial charge in [0.25, 0.3) is 0 Å². The van der Waals surface area contributed by atoms with Gasteiger partial charge in [-0.3, -0.25) is 0 Å². The Morgan fingerprint density at radius 2 is 1.92 bits per heavy atom. The maximum absolute atomic E-state index is 12.7. The number of benzene rings is 1. The molecule has 3 heterocycles. The summed E-state index contributed by atoms with van der Waals surface area (Å²) in [6, 6.07) is 4.63. The number of rotatable bonds is 8. The van der Waals surface area contributed by atoms with Gasteiger partial charge in [0, 0.05) is 12.0 Å². The predicted octanol–water partition coefficient (Wildman–Crippen LogP) is -1.61. The molecule has 1 saturated carbocycles. The number of aliphatic hydroxyl groups excluding tert-OH is 5. The number of phenols is 1. The highest BCUT2D eigenvalue weighted by Crippen LogP contribution is 2.60. The minimum Gasteiger partial charge on any atom is -0.504 e. The van der Waals surface area contributed by atoms with Crippen LogP contribution in [-0.4, -0.2) is 112 Å². The third kappa shape index (κ3) is 4.54. The fraction of sp³-hybridized carbons (Fsp3) is 0.560. The summed E-state index contributed by atoms with van der Waals surface area (Å²) in [6.45, 7) is -1.06. The second-order valence-corrected chi connectivity index (χ2v) is 9.59. The summed E-state index contributed by atoms with van der Waals surface area (Å²) >= 11 is 0. The third-order valence-electron chi connectivity index (χ3n) is 7.46. The average Bonchev–Trinajstić information content (AvgIpc) is 3.59. The van der Waals surface area contributed by atoms with E-state index in [1.54, 1.807) is 18.2 Å². The first-order valence-corrected chi connectivity index (χ1v) is 12.1. The molecule has 1 aliphatic carbocycles. The van der Waals surface area contributed by atoms with Crippen molar-refractivity contribution >= 4 is 12.0 Å². The number of methoxy groups -OCH3 is 1. The van der Waals surface area contributed by atoms with Crippen LogP contribution in [0.15, 0.2) is 36.6 Å². The number of esters is 1. The quantitative estimate of drug-likeness (QED) is 0.126. The molecule has 0 unspecified atom stereocenters. The summed E-state index contributed by atoms with van der Waals surface area (Å²) in [5.41, 5.74) is -0.610. The Labute approximate surface area is 217 Å². The molecular weight excluding hydrogens is 508 g/mol. The predicted molar refractivity (Wildman–Crippen MR) is 124 cm³/mol. The van der Waals surface area contributed by atoms with Crippen molar-refractivity contribution in [3.8, 4) is 11.5 Å². The van der Waals surface area contributed by atoms with E-state index in [2.05, 4.69) is 0 Å². The lowest BCUT2D eigenvalue weighted by Crippen LogP contribution is -2.60. The van der Waals surface area contributed by atoms with Crippen molar-refractivity contribution in [3.05, 3.63) is 42.2 Å². The van der Waals surface area contributed by atoms with Gasteiger partial charge in [-0.15, -0.1) is 0 Å². The first-order valence-electron chi connectivity index (χ1n) is 12.1. The Bertz CT molecular complexity index is 1090. The molecule has 1 aromatic rings. The number of hydrogen-bond acceptors (Lipinski definition) is 13. The van der Waals surface area contributed by atoms with Gasteiger partial charge >= 0.3 is 5.97 Å². The molecule has 3 aliphatic heterocycles. The third-order valence-corrected chi connectivity index (χ3v) is 7.46. The molecule has 11 atom stereocenters. The van der Waals surface area contributed by atoms with Gasteiger partial charge in [-0.25, -0.2) is 4.79 Å². The van der Waals surface area contributed by atoms with E-state index in [1.807, 2.05) is 0 Å². The largest absolute Gasteiger partial charge is 0.504 e. The van der Waals surface area contributed by atoms with Crippen LogP contribution in [0.3, 0.4) is 0 Å². The van der Waals surface area contributed by atoms with Gasteiger partial charge < -0.3 is 59.1 Å². The molecule has 5 rings (SSSR count). The van der Waals surface area contributed by atoms with Gasteiger partial charge in [-0.2, -0.15) is 0 Å². The number of epoxide rings is 1. The van der Waals surface area contributed by atoms with Crippen molar-refractivity contribution in [2.45, 2.75) is 54.8 Å². The smallest absolute Gasteiger partial charge is 0.331 e. The van der Waals surface area contributed by atoms with E-state index in [4.69, 9.17) is 28.4 Å². The first kappa shape index (κ1) is 26.8. The Balaban J connectivity index is 1.29. The Morgan fingerprint density at radius 1 is 1.13 bits per heavy atom. The minimum absolute atomic E-state index is 0.0847. The van der Waals surface area contributed by atoms with Crippen LogP contribution in [-0.2, 0) is 28.5 Å². The van der Waals surface area contributed by atoms with Crippen molar-refractivity contribution in [2.24, 2.45) is 11.8 Å². The number of fused-ring (bicyclic) bond motifs is 3. The molecule has 3 fully saturated rings. The molecule has 0 aromatic heterocycles. The van der Waals surface area contributed by atoms with Gasteiger partial charge in [0.2, 0.25) is 6.29 Å². The Kier molecular flexibility index (Phi) is 7.37. The second-order valence-electron chi connectivity index (χ2n) is 9.59. The molecule has 1 aromatic carbocycles. The fourth-order valence-corrected chi connectivity index (χ4v) is 5.44. The van der Waals surface area contributed by atoms with Gasteiger partial charge in [-0.05, 0) is 29.8 Å². The van der Waals surface area contributed by atoms with Crippen molar-refractivity contribution < 1.29 is 63.9 Å². The van der Waals surface area contributed by atoms with Gasteiger partial charge in [0.05, 0.1) is 32.5 Å². The number of ether oxygens (including phenoxy) is 6. The molecule has 6 N–H and O–H groups in total. The lowest BCUT2D eigenvalue weighted by atomic mass is 9.85. The van der Waals surface area contributed by atoms with E-state index in [9.17, 15) is 35.4 Å². The highest BCUT2D eigenvalue weighted by Gasteiger charge is 2.77. The molecule has 208 valence electrons. The molecule has 4 aliphatic rings. The molecule has 0 amide bonds. The van der Waals surface area contributed by atoms with E-state index in [0.29, 0.717) is 11.3 Å². The molecule has 0 spiro atoms. The normalized spacial score (nSPS) is 41.3. The van der Waals surface area contributed by atoms with Crippen LogP contribution in [0.1, 0.15) is 5.56 Å². The number of hydrogen-bond donors (Lipinski definition) is 6. The van der Waals surface area contributed by atoms with Crippen LogP contribution < -0.4 is 4.74 Å². The summed E-state index contributed by atoms with van der Waals surface area (Å²) < 4.78 is 33.3. The van der Waals surface area contributed by atoms with E-state index in [1.165, 1.54) is 31.6 Å². The zero-order valence-corrected chi connectivity index (χ0v) is 20.3. The van der Waals surface area contributed by atoms with Crippen molar-refractivity contribution in [3.63, 3.8) is 0 Å². The maximum atomic E-state index is 12.7. The summed E-state index contributed by atoms with van der Waals surface area (Å²) in [7, 11) is 1.42. The van der Waals surface area contributed by atoms with Crippen LogP contribution in [0.2, 0.25) is 0 Å². The van der Waals surface area contributed by atoms with Crippen molar-refractivity contribution in [1.29, 1.82) is 0 Å².